The second kappa shape index (κ2) is 8.02. The van der Waals surface area contributed by atoms with Crippen molar-refractivity contribution in [1.29, 1.82) is 0 Å². The zero-order chi connectivity index (χ0) is 19.6. The van der Waals surface area contributed by atoms with Crippen LogP contribution in [0.15, 0.2) is 52.4 Å². The maximum absolute atomic E-state index is 13.1. The minimum Gasteiger partial charge on any atom is -0.268 e. The monoisotopic (exact) mass is 423 g/mol. The van der Waals surface area contributed by atoms with Crippen molar-refractivity contribution in [3.05, 3.63) is 63.4 Å². The molecule has 0 saturated heterocycles. The van der Waals surface area contributed by atoms with Gasteiger partial charge in [-0.2, -0.15) is 0 Å². The number of rotatable bonds is 6. The summed E-state index contributed by atoms with van der Waals surface area (Å²) in [5, 5.41) is 6.49. The molecule has 0 aliphatic carbocycles. The maximum atomic E-state index is 13.1. The van der Waals surface area contributed by atoms with Crippen LogP contribution in [-0.2, 0) is 10.0 Å². The lowest BCUT2D eigenvalue weighted by atomic mass is 10.2. The molecule has 0 radical (unpaired) electrons. The quantitative estimate of drug-likeness (QED) is 0.373. The lowest BCUT2D eigenvalue weighted by Gasteiger charge is -2.14. The number of nitrogens with two attached hydrogens (primary N) is 1. The summed E-state index contributed by atoms with van der Waals surface area (Å²) in [7, 11) is -3.51. The summed E-state index contributed by atoms with van der Waals surface area (Å²) in [5.74, 6) is 0.342. The van der Waals surface area contributed by atoms with Crippen molar-refractivity contribution in [3.63, 3.8) is 0 Å². The number of hydrogen-bond acceptors (Lipinski definition) is 5. The van der Waals surface area contributed by atoms with E-state index in [4.69, 9.17) is 16.7 Å². The molecule has 1 aromatic heterocycles. The standard InChI is InChI=1S/C18H18ClN3O3S2/c1-12-4-2-5-14(10-12)22-17(23)15-7-6-13(19)11-16(15)21-18(22)26-8-3-9-27(20,24)25/h2,4-7,10-11H,3,8-9H2,1H3,(H2,20,24,25). The summed E-state index contributed by atoms with van der Waals surface area (Å²) in [6.07, 6.45) is 0.362. The van der Waals surface area contributed by atoms with Crippen LogP contribution >= 0.6 is 23.4 Å². The number of hydrogen-bond donors (Lipinski definition) is 1. The van der Waals surface area contributed by atoms with E-state index in [1.807, 2.05) is 31.2 Å². The molecule has 0 amide bonds. The van der Waals surface area contributed by atoms with Crippen LogP contribution in [0.5, 0.6) is 0 Å². The predicted molar refractivity (Wildman–Crippen MR) is 110 cm³/mol. The highest BCUT2D eigenvalue weighted by atomic mass is 35.5. The molecule has 2 N–H and O–H groups in total. The van der Waals surface area contributed by atoms with Gasteiger partial charge in [0, 0.05) is 10.8 Å². The summed E-state index contributed by atoms with van der Waals surface area (Å²) in [6, 6.07) is 12.5. The Morgan fingerprint density at radius 1 is 1.22 bits per heavy atom. The summed E-state index contributed by atoms with van der Waals surface area (Å²) >= 11 is 7.35. The smallest absolute Gasteiger partial charge is 0.266 e. The lowest BCUT2D eigenvalue weighted by Crippen LogP contribution is -2.22. The van der Waals surface area contributed by atoms with Crippen LogP contribution in [-0.4, -0.2) is 29.5 Å². The van der Waals surface area contributed by atoms with E-state index < -0.39 is 10.0 Å². The Balaban J connectivity index is 2.08. The number of nitrogens with zero attached hydrogens (tertiary/aromatic N) is 2. The third-order valence-corrected chi connectivity index (χ3v) is 5.98. The normalized spacial score (nSPS) is 11.8. The van der Waals surface area contributed by atoms with Gasteiger partial charge in [-0.25, -0.2) is 18.5 Å². The van der Waals surface area contributed by atoms with Crippen molar-refractivity contribution in [1.82, 2.24) is 9.55 Å². The molecule has 27 heavy (non-hydrogen) atoms. The van der Waals surface area contributed by atoms with E-state index >= 15 is 0 Å². The predicted octanol–water partition coefficient (Wildman–Crippen LogP) is 3.12. The van der Waals surface area contributed by atoms with E-state index in [1.165, 1.54) is 11.8 Å². The molecule has 0 bridgehead atoms. The van der Waals surface area contributed by atoms with Gasteiger partial charge < -0.3 is 0 Å². The van der Waals surface area contributed by atoms with Crippen LogP contribution in [0.1, 0.15) is 12.0 Å². The zero-order valence-electron chi connectivity index (χ0n) is 14.6. The Labute approximate surface area is 166 Å². The first-order valence-electron chi connectivity index (χ1n) is 8.17. The van der Waals surface area contributed by atoms with Crippen LogP contribution in [0.4, 0.5) is 0 Å². The van der Waals surface area contributed by atoms with Gasteiger partial charge >= 0.3 is 0 Å². The van der Waals surface area contributed by atoms with Crippen LogP contribution in [0.3, 0.4) is 0 Å². The molecule has 0 saturated carbocycles. The third-order valence-electron chi connectivity index (χ3n) is 3.86. The Morgan fingerprint density at radius 3 is 2.70 bits per heavy atom. The molecule has 2 aromatic carbocycles. The molecule has 142 valence electrons. The van der Waals surface area contributed by atoms with Gasteiger partial charge in [-0.15, -0.1) is 0 Å². The first-order valence-corrected chi connectivity index (χ1v) is 11.3. The molecule has 0 aliphatic heterocycles. The average Bonchev–Trinajstić information content (AvgIpc) is 2.57. The van der Waals surface area contributed by atoms with E-state index in [1.54, 1.807) is 22.8 Å². The number of aromatic nitrogens is 2. The van der Waals surface area contributed by atoms with Crippen molar-refractivity contribution in [2.75, 3.05) is 11.5 Å². The third kappa shape index (κ3) is 4.90. The summed E-state index contributed by atoms with van der Waals surface area (Å²) in [4.78, 5) is 17.7. The van der Waals surface area contributed by atoms with E-state index in [9.17, 15) is 13.2 Å². The van der Waals surface area contributed by atoms with E-state index in [2.05, 4.69) is 4.98 Å². The van der Waals surface area contributed by atoms with Crippen molar-refractivity contribution in [3.8, 4) is 5.69 Å². The van der Waals surface area contributed by atoms with Crippen molar-refractivity contribution >= 4 is 44.3 Å². The Kier molecular flexibility index (Phi) is 5.90. The topological polar surface area (TPSA) is 95.1 Å². The van der Waals surface area contributed by atoms with Gasteiger partial charge in [0.1, 0.15) is 0 Å². The molecule has 1 heterocycles. The molecule has 9 heteroatoms. The van der Waals surface area contributed by atoms with Crippen LogP contribution in [0.25, 0.3) is 16.6 Å². The van der Waals surface area contributed by atoms with Gasteiger partial charge in [-0.1, -0.05) is 35.5 Å². The van der Waals surface area contributed by atoms with Gasteiger partial charge in [0.15, 0.2) is 5.16 Å². The number of sulfonamides is 1. The molecular formula is C18H18ClN3O3S2. The highest BCUT2D eigenvalue weighted by Gasteiger charge is 2.14. The maximum Gasteiger partial charge on any atom is 0.266 e. The Bertz CT molecular complexity index is 1160. The number of benzene rings is 2. The largest absolute Gasteiger partial charge is 0.268 e. The molecule has 3 rings (SSSR count). The fourth-order valence-electron chi connectivity index (χ4n) is 2.65. The van der Waals surface area contributed by atoms with Gasteiger partial charge in [-0.05, 0) is 49.2 Å². The van der Waals surface area contributed by atoms with E-state index in [0.717, 1.165) is 5.56 Å². The first kappa shape index (κ1) is 19.9. The number of fused-ring (bicyclic) bond motifs is 1. The summed E-state index contributed by atoms with van der Waals surface area (Å²) < 4.78 is 23.8. The first-order chi connectivity index (χ1) is 12.7. The highest BCUT2D eigenvalue weighted by molar-refractivity contribution is 7.99. The molecule has 0 atom stereocenters. The van der Waals surface area contributed by atoms with Gasteiger partial charge in [0.2, 0.25) is 10.0 Å². The van der Waals surface area contributed by atoms with Gasteiger partial charge in [-0.3, -0.25) is 9.36 Å². The Morgan fingerprint density at radius 2 is 2.00 bits per heavy atom. The minimum absolute atomic E-state index is 0.117. The Hall–Kier alpha value is -1.87. The van der Waals surface area contributed by atoms with Crippen molar-refractivity contribution in [2.45, 2.75) is 18.5 Å². The second-order valence-corrected chi connectivity index (χ2v) is 9.34. The zero-order valence-corrected chi connectivity index (χ0v) is 16.9. The summed E-state index contributed by atoms with van der Waals surface area (Å²) in [5.41, 5.74) is 2.03. The molecular weight excluding hydrogens is 406 g/mol. The summed E-state index contributed by atoms with van der Waals surface area (Å²) in [6.45, 7) is 1.95. The average molecular weight is 424 g/mol. The lowest BCUT2D eigenvalue weighted by molar-refractivity contribution is 0.596. The number of aryl methyl sites for hydroxylation is 1. The number of halogens is 1. The minimum atomic E-state index is -3.51. The molecule has 0 fully saturated rings. The van der Waals surface area contributed by atoms with Crippen molar-refractivity contribution < 1.29 is 8.42 Å². The van der Waals surface area contributed by atoms with Crippen LogP contribution in [0, 0.1) is 6.92 Å². The van der Waals surface area contributed by atoms with E-state index in [-0.39, 0.29) is 11.3 Å². The van der Waals surface area contributed by atoms with E-state index in [0.29, 0.717) is 38.9 Å². The fourth-order valence-corrected chi connectivity index (χ4v) is 4.50. The molecule has 6 nitrogen and oxygen atoms in total. The molecule has 0 spiro atoms. The number of primary sulfonamides is 1. The molecule has 3 aromatic rings. The highest BCUT2D eigenvalue weighted by Crippen LogP contribution is 2.24. The van der Waals surface area contributed by atoms with Crippen LogP contribution in [0.2, 0.25) is 5.02 Å². The van der Waals surface area contributed by atoms with Crippen LogP contribution < -0.4 is 10.7 Å². The second-order valence-electron chi connectivity index (χ2n) is 6.10. The molecule has 0 aliphatic rings. The van der Waals surface area contributed by atoms with Gasteiger partial charge in [0.05, 0.1) is 22.3 Å². The number of thioether (sulfide) groups is 1. The SMILES string of the molecule is Cc1cccc(-n2c(SCCCS(N)(=O)=O)nc3cc(Cl)ccc3c2=O)c1. The van der Waals surface area contributed by atoms with Crippen molar-refractivity contribution in [2.24, 2.45) is 5.14 Å². The fraction of sp³-hybridized carbons (Fsp3) is 0.222. The van der Waals surface area contributed by atoms with Gasteiger partial charge in [0.25, 0.3) is 5.56 Å². The molecule has 0 unspecified atom stereocenters.